The van der Waals surface area contributed by atoms with E-state index in [1.807, 2.05) is 6.92 Å². The highest BCUT2D eigenvalue weighted by atomic mass is 32.2. The molecule has 0 atom stereocenters. The average molecular weight is 352 g/mol. The fourth-order valence-electron chi connectivity index (χ4n) is 2.06. The molecule has 1 aromatic heterocycles. The number of carbonyl (C=O) groups is 1. The summed E-state index contributed by atoms with van der Waals surface area (Å²) in [6, 6.07) is 9.84. The van der Waals surface area contributed by atoms with Crippen LogP contribution in [-0.4, -0.2) is 27.9 Å². The number of nitrogens with one attached hydrogen (secondary N) is 1. The van der Waals surface area contributed by atoms with Crippen molar-refractivity contribution in [3.8, 4) is 0 Å². The predicted octanol–water partition coefficient (Wildman–Crippen LogP) is 3.10. The van der Waals surface area contributed by atoms with Gasteiger partial charge in [-0.25, -0.2) is 8.42 Å². The summed E-state index contributed by atoms with van der Waals surface area (Å²) in [4.78, 5) is 12.9. The number of unbranched alkanes of at least 4 members (excludes halogenated alkanes) is 1. The zero-order chi connectivity index (χ0) is 16.9. The maximum atomic E-state index is 12.7. The molecule has 5 nitrogen and oxygen atoms in total. The Bertz CT molecular complexity index is 755. The molecule has 7 heteroatoms. The number of thiophene rings is 1. The van der Waals surface area contributed by atoms with Gasteiger partial charge in [0.15, 0.2) is 0 Å². The number of hydrogen-bond donors (Lipinski definition) is 1. The molecule has 0 aliphatic rings. The highest BCUT2D eigenvalue weighted by Crippen LogP contribution is 2.29. The first-order valence-electron chi connectivity index (χ1n) is 7.38. The zero-order valence-electron chi connectivity index (χ0n) is 13.2. The van der Waals surface area contributed by atoms with Crippen LogP contribution in [0.25, 0.3) is 0 Å². The first-order valence-corrected chi connectivity index (χ1v) is 9.70. The summed E-state index contributed by atoms with van der Waals surface area (Å²) >= 11 is 1.24. The number of rotatable bonds is 7. The van der Waals surface area contributed by atoms with Gasteiger partial charge in [0.2, 0.25) is 0 Å². The van der Waals surface area contributed by atoms with E-state index in [0.29, 0.717) is 17.1 Å². The predicted molar refractivity (Wildman–Crippen MR) is 93.6 cm³/mol. The van der Waals surface area contributed by atoms with Crippen molar-refractivity contribution in [3.63, 3.8) is 0 Å². The zero-order valence-corrected chi connectivity index (χ0v) is 14.8. The van der Waals surface area contributed by atoms with Crippen LogP contribution in [0, 0.1) is 0 Å². The van der Waals surface area contributed by atoms with Crippen molar-refractivity contribution in [2.75, 3.05) is 17.9 Å². The molecule has 1 heterocycles. The Morgan fingerprint density at radius 2 is 1.91 bits per heavy atom. The van der Waals surface area contributed by atoms with Gasteiger partial charge in [-0.3, -0.25) is 9.10 Å². The van der Waals surface area contributed by atoms with Crippen molar-refractivity contribution in [2.24, 2.45) is 0 Å². The summed E-state index contributed by atoms with van der Waals surface area (Å²) in [5, 5.41) is 4.55. The molecule has 2 rings (SSSR count). The van der Waals surface area contributed by atoms with E-state index >= 15 is 0 Å². The van der Waals surface area contributed by atoms with E-state index < -0.39 is 10.0 Å². The second kappa shape index (κ2) is 7.61. The van der Waals surface area contributed by atoms with Gasteiger partial charge in [-0.15, -0.1) is 11.3 Å². The molecule has 1 aromatic carbocycles. The monoisotopic (exact) mass is 352 g/mol. The van der Waals surface area contributed by atoms with Crippen LogP contribution < -0.4 is 9.62 Å². The minimum Gasteiger partial charge on any atom is -0.351 e. The van der Waals surface area contributed by atoms with Gasteiger partial charge in [0, 0.05) is 13.6 Å². The van der Waals surface area contributed by atoms with Gasteiger partial charge in [-0.1, -0.05) is 31.5 Å². The topological polar surface area (TPSA) is 66.5 Å². The molecule has 0 radical (unpaired) electrons. The van der Waals surface area contributed by atoms with Gasteiger partial charge >= 0.3 is 0 Å². The fourth-order valence-corrected chi connectivity index (χ4v) is 4.18. The van der Waals surface area contributed by atoms with Gasteiger partial charge in [0.1, 0.15) is 4.88 Å². The van der Waals surface area contributed by atoms with Crippen LogP contribution in [0.1, 0.15) is 29.4 Å². The minimum atomic E-state index is -3.68. The number of anilines is 1. The molecule has 2 aromatic rings. The Morgan fingerprint density at radius 1 is 1.22 bits per heavy atom. The van der Waals surface area contributed by atoms with Gasteiger partial charge in [0.25, 0.3) is 15.9 Å². The fraction of sp³-hybridized carbons (Fsp3) is 0.312. The van der Waals surface area contributed by atoms with Crippen LogP contribution in [0.2, 0.25) is 0 Å². The van der Waals surface area contributed by atoms with Crippen LogP contribution in [-0.2, 0) is 10.0 Å². The van der Waals surface area contributed by atoms with Crippen LogP contribution in [0.3, 0.4) is 0 Å². The lowest BCUT2D eigenvalue weighted by Gasteiger charge is -2.19. The summed E-state index contributed by atoms with van der Waals surface area (Å²) in [7, 11) is -2.22. The summed E-state index contributed by atoms with van der Waals surface area (Å²) in [6.07, 6.45) is 1.88. The third-order valence-corrected chi connectivity index (χ3v) is 6.10. The first kappa shape index (κ1) is 17.5. The molecular formula is C16H20N2O3S2. The Balaban J connectivity index is 2.26. The highest BCUT2D eigenvalue weighted by Gasteiger charge is 2.25. The van der Waals surface area contributed by atoms with E-state index in [2.05, 4.69) is 5.32 Å². The van der Waals surface area contributed by atoms with Gasteiger partial charge in [-0.05, 0) is 30.0 Å². The van der Waals surface area contributed by atoms with E-state index in [-0.39, 0.29) is 10.8 Å². The lowest BCUT2D eigenvalue weighted by molar-refractivity contribution is 0.0958. The average Bonchev–Trinajstić information content (AvgIpc) is 3.04. The Morgan fingerprint density at radius 3 is 2.57 bits per heavy atom. The third-order valence-electron chi connectivity index (χ3n) is 3.41. The smallest absolute Gasteiger partial charge is 0.264 e. The van der Waals surface area contributed by atoms with E-state index in [9.17, 15) is 13.2 Å². The maximum Gasteiger partial charge on any atom is 0.264 e. The third kappa shape index (κ3) is 3.92. The number of sulfonamides is 1. The van der Waals surface area contributed by atoms with Crippen molar-refractivity contribution >= 4 is 33.0 Å². The number of amides is 1. The molecule has 0 aliphatic heterocycles. The molecule has 124 valence electrons. The number of benzene rings is 1. The van der Waals surface area contributed by atoms with Gasteiger partial charge in [-0.2, -0.15) is 0 Å². The minimum absolute atomic E-state index is 0.200. The molecule has 0 saturated carbocycles. The SMILES string of the molecule is CCCCNC(=O)c1sccc1N(C)S(=O)(=O)c1ccccc1. The van der Waals surface area contributed by atoms with Crippen LogP contribution >= 0.6 is 11.3 Å². The van der Waals surface area contributed by atoms with Crippen molar-refractivity contribution in [2.45, 2.75) is 24.7 Å². The molecule has 0 saturated heterocycles. The number of nitrogens with zero attached hydrogens (tertiary/aromatic N) is 1. The summed E-state index contributed by atoms with van der Waals surface area (Å²) in [6.45, 7) is 2.63. The second-order valence-corrected chi connectivity index (χ2v) is 7.92. The molecule has 23 heavy (non-hydrogen) atoms. The van der Waals surface area contributed by atoms with Crippen molar-refractivity contribution in [1.82, 2.24) is 5.32 Å². The quantitative estimate of drug-likeness (QED) is 0.779. The van der Waals surface area contributed by atoms with Crippen molar-refractivity contribution in [1.29, 1.82) is 0 Å². The molecule has 0 unspecified atom stereocenters. The van der Waals surface area contributed by atoms with E-state index in [1.54, 1.807) is 41.8 Å². The Labute approximate surface area is 141 Å². The maximum absolute atomic E-state index is 12.7. The summed E-state index contributed by atoms with van der Waals surface area (Å²) in [5.74, 6) is -0.237. The lowest BCUT2D eigenvalue weighted by Crippen LogP contribution is -2.30. The van der Waals surface area contributed by atoms with Crippen LogP contribution in [0.4, 0.5) is 5.69 Å². The Hall–Kier alpha value is -1.86. The molecule has 0 spiro atoms. The number of carbonyl (C=O) groups excluding carboxylic acids is 1. The van der Waals surface area contributed by atoms with E-state index in [1.165, 1.54) is 18.4 Å². The van der Waals surface area contributed by atoms with Crippen molar-refractivity contribution in [3.05, 3.63) is 46.7 Å². The van der Waals surface area contributed by atoms with Gasteiger partial charge in [0.05, 0.1) is 10.6 Å². The van der Waals surface area contributed by atoms with E-state index in [0.717, 1.165) is 17.1 Å². The molecule has 0 fully saturated rings. The van der Waals surface area contributed by atoms with E-state index in [4.69, 9.17) is 0 Å². The van der Waals surface area contributed by atoms with Gasteiger partial charge < -0.3 is 5.32 Å². The largest absolute Gasteiger partial charge is 0.351 e. The summed E-state index contributed by atoms with van der Waals surface area (Å²) < 4.78 is 26.5. The highest BCUT2D eigenvalue weighted by molar-refractivity contribution is 7.92. The second-order valence-electron chi connectivity index (χ2n) is 5.03. The molecule has 0 bridgehead atoms. The normalized spacial score (nSPS) is 11.2. The molecule has 1 amide bonds. The van der Waals surface area contributed by atoms with Crippen LogP contribution in [0.15, 0.2) is 46.7 Å². The van der Waals surface area contributed by atoms with Crippen molar-refractivity contribution < 1.29 is 13.2 Å². The molecule has 0 aliphatic carbocycles. The Kier molecular flexibility index (Phi) is 5.79. The standard InChI is InChI=1S/C16H20N2O3S2/c1-3-4-11-17-16(19)15-14(10-12-22-15)18(2)23(20,21)13-8-6-5-7-9-13/h5-10,12H,3-4,11H2,1-2H3,(H,17,19). The van der Waals surface area contributed by atoms with Crippen LogP contribution in [0.5, 0.6) is 0 Å². The first-order chi connectivity index (χ1) is 11.0. The molecular weight excluding hydrogens is 332 g/mol. The number of hydrogen-bond acceptors (Lipinski definition) is 4. The molecule has 1 N–H and O–H groups in total. The lowest BCUT2D eigenvalue weighted by atomic mass is 10.3. The summed E-state index contributed by atoms with van der Waals surface area (Å²) in [5.41, 5.74) is 0.396.